The van der Waals surface area contributed by atoms with Crippen molar-refractivity contribution in [1.82, 2.24) is 20.3 Å². The van der Waals surface area contributed by atoms with Crippen molar-refractivity contribution in [3.63, 3.8) is 0 Å². The SMILES string of the molecule is C1=C(c2ccc3ncnc(N4CCNC5(CCC5)C4)c3c2)c2cccnc2NC1. The molecule has 2 aliphatic heterocycles. The van der Waals surface area contributed by atoms with Gasteiger partial charge in [-0.3, -0.25) is 0 Å². The van der Waals surface area contributed by atoms with Gasteiger partial charge in [-0.15, -0.1) is 0 Å². The molecule has 2 fully saturated rings. The van der Waals surface area contributed by atoms with E-state index >= 15 is 0 Å². The average Bonchev–Trinajstić information content (AvgIpc) is 2.77. The van der Waals surface area contributed by atoms with Crippen LogP contribution in [0.4, 0.5) is 11.6 Å². The molecule has 146 valence electrons. The molecule has 29 heavy (non-hydrogen) atoms. The Morgan fingerprint density at radius 1 is 1.07 bits per heavy atom. The van der Waals surface area contributed by atoms with Gasteiger partial charge in [-0.05, 0) is 54.7 Å². The van der Waals surface area contributed by atoms with Crippen molar-refractivity contribution in [1.29, 1.82) is 0 Å². The van der Waals surface area contributed by atoms with E-state index in [9.17, 15) is 0 Å². The summed E-state index contributed by atoms with van der Waals surface area (Å²) in [7, 11) is 0. The monoisotopic (exact) mass is 384 g/mol. The predicted octanol–water partition coefficient (Wildman–Crippen LogP) is 3.21. The number of hydrogen-bond donors (Lipinski definition) is 2. The van der Waals surface area contributed by atoms with E-state index in [2.05, 4.69) is 55.8 Å². The third kappa shape index (κ3) is 2.78. The van der Waals surface area contributed by atoms with Crippen molar-refractivity contribution < 1.29 is 0 Å². The Hall–Kier alpha value is -2.99. The third-order valence-corrected chi connectivity index (χ3v) is 6.58. The summed E-state index contributed by atoms with van der Waals surface area (Å²) in [6.07, 6.45) is 9.63. The minimum Gasteiger partial charge on any atom is -0.366 e. The van der Waals surface area contributed by atoms with Gasteiger partial charge in [-0.25, -0.2) is 15.0 Å². The van der Waals surface area contributed by atoms with E-state index in [1.807, 2.05) is 12.3 Å². The van der Waals surface area contributed by atoms with E-state index in [1.165, 1.54) is 30.4 Å². The molecule has 1 saturated carbocycles. The standard InChI is InChI=1S/C23H24N6/c1-3-18-17(6-10-25-21(18)24-9-1)16-4-5-20-19(13-16)22(27-15-26-20)29-12-11-28-23(14-29)7-2-8-23/h1,3-6,9,13,15,28H,2,7-8,10-12,14H2,(H,24,25). The smallest absolute Gasteiger partial charge is 0.140 e. The first kappa shape index (κ1) is 16.9. The molecule has 2 N–H and O–H groups in total. The number of nitrogens with zero attached hydrogens (tertiary/aromatic N) is 4. The average molecular weight is 384 g/mol. The molecule has 6 nitrogen and oxygen atoms in total. The number of rotatable bonds is 2. The van der Waals surface area contributed by atoms with Crippen molar-refractivity contribution >= 4 is 28.1 Å². The first-order valence-corrected chi connectivity index (χ1v) is 10.5. The highest BCUT2D eigenvalue weighted by Gasteiger charge is 2.40. The fourth-order valence-electron chi connectivity index (χ4n) is 4.93. The molecular formula is C23H24N6. The number of piperazine rings is 1. The lowest BCUT2D eigenvalue weighted by molar-refractivity contribution is 0.173. The molecule has 1 aromatic carbocycles. The van der Waals surface area contributed by atoms with Gasteiger partial charge in [0.25, 0.3) is 0 Å². The van der Waals surface area contributed by atoms with Crippen LogP contribution in [-0.2, 0) is 0 Å². The van der Waals surface area contributed by atoms with Crippen LogP contribution in [0.5, 0.6) is 0 Å². The van der Waals surface area contributed by atoms with Crippen molar-refractivity contribution in [2.45, 2.75) is 24.8 Å². The fraction of sp³-hybridized carbons (Fsp3) is 0.348. The maximum Gasteiger partial charge on any atom is 0.140 e. The number of pyridine rings is 1. The summed E-state index contributed by atoms with van der Waals surface area (Å²) >= 11 is 0. The second-order valence-electron chi connectivity index (χ2n) is 8.31. The Kier molecular flexibility index (Phi) is 3.81. The van der Waals surface area contributed by atoms with Gasteiger partial charge in [0.2, 0.25) is 0 Å². The normalized spacial score (nSPS) is 20.0. The molecule has 1 aliphatic carbocycles. The number of aromatic nitrogens is 3. The van der Waals surface area contributed by atoms with Gasteiger partial charge in [-0.1, -0.05) is 12.1 Å². The lowest BCUT2D eigenvalue weighted by Gasteiger charge is -2.50. The molecule has 0 bridgehead atoms. The van der Waals surface area contributed by atoms with Crippen LogP contribution in [0.15, 0.2) is 48.9 Å². The molecule has 0 amide bonds. The maximum atomic E-state index is 4.73. The second kappa shape index (κ2) is 6.52. The largest absolute Gasteiger partial charge is 0.366 e. The van der Waals surface area contributed by atoms with E-state index in [0.717, 1.165) is 54.3 Å². The zero-order chi connectivity index (χ0) is 19.3. The molecule has 2 aromatic heterocycles. The molecule has 3 aliphatic rings. The number of anilines is 2. The number of fused-ring (bicyclic) bond motifs is 2. The van der Waals surface area contributed by atoms with Gasteiger partial charge in [0, 0.05) is 48.9 Å². The topological polar surface area (TPSA) is 66.0 Å². The first-order valence-electron chi connectivity index (χ1n) is 10.5. The van der Waals surface area contributed by atoms with Crippen LogP contribution >= 0.6 is 0 Å². The van der Waals surface area contributed by atoms with Crippen LogP contribution in [-0.4, -0.2) is 46.7 Å². The van der Waals surface area contributed by atoms with Gasteiger partial charge >= 0.3 is 0 Å². The minimum atomic E-state index is 0.287. The first-order chi connectivity index (χ1) is 14.3. The van der Waals surface area contributed by atoms with Gasteiger partial charge < -0.3 is 15.5 Å². The van der Waals surface area contributed by atoms with Crippen molar-refractivity contribution in [2.75, 3.05) is 36.4 Å². The number of benzene rings is 1. The van der Waals surface area contributed by atoms with Gasteiger partial charge in [-0.2, -0.15) is 0 Å². The third-order valence-electron chi connectivity index (χ3n) is 6.58. The summed E-state index contributed by atoms with van der Waals surface area (Å²) in [5, 5.41) is 8.23. The molecule has 1 spiro atoms. The molecule has 0 radical (unpaired) electrons. The summed E-state index contributed by atoms with van der Waals surface area (Å²) in [5.41, 5.74) is 4.85. The summed E-state index contributed by atoms with van der Waals surface area (Å²) in [6.45, 7) is 3.82. The van der Waals surface area contributed by atoms with Gasteiger partial charge in [0.05, 0.1) is 5.52 Å². The molecule has 0 unspecified atom stereocenters. The zero-order valence-electron chi connectivity index (χ0n) is 16.4. The Bertz CT molecular complexity index is 1120. The molecule has 3 aromatic rings. The minimum absolute atomic E-state index is 0.287. The van der Waals surface area contributed by atoms with E-state index in [1.54, 1.807) is 6.33 Å². The van der Waals surface area contributed by atoms with Crippen LogP contribution < -0.4 is 15.5 Å². The van der Waals surface area contributed by atoms with E-state index < -0.39 is 0 Å². The van der Waals surface area contributed by atoms with Gasteiger partial charge in [0.15, 0.2) is 0 Å². The Balaban J connectivity index is 1.43. The summed E-state index contributed by atoms with van der Waals surface area (Å²) in [6, 6.07) is 10.7. The lowest BCUT2D eigenvalue weighted by atomic mass is 9.75. The van der Waals surface area contributed by atoms with Crippen molar-refractivity contribution in [3.8, 4) is 0 Å². The molecule has 6 heteroatoms. The molecule has 0 atom stereocenters. The molecular weight excluding hydrogens is 360 g/mol. The van der Waals surface area contributed by atoms with Gasteiger partial charge in [0.1, 0.15) is 18.0 Å². The highest BCUT2D eigenvalue weighted by Crippen LogP contribution is 2.37. The van der Waals surface area contributed by atoms with Crippen LogP contribution in [0.2, 0.25) is 0 Å². The van der Waals surface area contributed by atoms with Crippen molar-refractivity contribution in [3.05, 3.63) is 60.1 Å². The van der Waals surface area contributed by atoms with Crippen LogP contribution in [0.3, 0.4) is 0 Å². The highest BCUT2D eigenvalue weighted by molar-refractivity contribution is 5.95. The Morgan fingerprint density at radius 2 is 2.03 bits per heavy atom. The summed E-state index contributed by atoms with van der Waals surface area (Å²) < 4.78 is 0. The summed E-state index contributed by atoms with van der Waals surface area (Å²) in [5.74, 6) is 2.01. The lowest BCUT2D eigenvalue weighted by Crippen LogP contribution is -2.64. The Labute approximate surface area is 170 Å². The van der Waals surface area contributed by atoms with E-state index in [4.69, 9.17) is 4.98 Å². The van der Waals surface area contributed by atoms with Crippen LogP contribution in [0, 0.1) is 0 Å². The van der Waals surface area contributed by atoms with Crippen LogP contribution in [0.1, 0.15) is 30.4 Å². The van der Waals surface area contributed by atoms with Crippen molar-refractivity contribution in [2.24, 2.45) is 0 Å². The van der Waals surface area contributed by atoms with Crippen LogP contribution in [0.25, 0.3) is 16.5 Å². The van der Waals surface area contributed by atoms with E-state index in [0.29, 0.717) is 0 Å². The maximum absolute atomic E-state index is 4.73. The quantitative estimate of drug-likeness (QED) is 0.707. The zero-order valence-corrected chi connectivity index (χ0v) is 16.4. The molecule has 4 heterocycles. The highest BCUT2D eigenvalue weighted by atomic mass is 15.3. The fourth-order valence-corrected chi connectivity index (χ4v) is 4.93. The predicted molar refractivity (Wildman–Crippen MR) is 116 cm³/mol. The Morgan fingerprint density at radius 3 is 2.93 bits per heavy atom. The summed E-state index contributed by atoms with van der Waals surface area (Å²) in [4.78, 5) is 16.2. The number of nitrogens with one attached hydrogen (secondary N) is 2. The second-order valence-corrected chi connectivity index (χ2v) is 8.31. The molecule has 1 saturated heterocycles. The molecule has 6 rings (SSSR count). The number of hydrogen-bond acceptors (Lipinski definition) is 6. The van der Waals surface area contributed by atoms with E-state index in [-0.39, 0.29) is 5.54 Å².